The standard InChI is InChI=1S/C18H20N2O2S/c1-3-19(4-2)23(21,22)17-11-9-16(10-12-17)20-14-13-15-7-5-6-8-18(15)20/h5-14H,3-4H2,1-2H3. The first-order valence-electron chi connectivity index (χ1n) is 7.74. The normalized spacial score (nSPS) is 12.1. The second-order valence-corrected chi connectivity index (χ2v) is 7.27. The Morgan fingerprint density at radius 3 is 2.22 bits per heavy atom. The van der Waals surface area contributed by atoms with Crippen molar-refractivity contribution in [2.75, 3.05) is 13.1 Å². The summed E-state index contributed by atoms with van der Waals surface area (Å²) in [5, 5.41) is 1.16. The van der Waals surface area contributed by atoms with E-state index in [-0.39, 0.29) is 0 Å². The molecule has 0 aliphatic heterocycles. The van der Waals surface area contributed by atoms with Crippen molar-refractivity contribution in [1.29, 1.82) is 0 Å². The van der Waals surface area contributed by atoms with Crippen molar-refractivity contribution in [2.45, 2.75) is 18.7 Å². The summed E-state index contributed by atoms with van der Waals surface area (Å²) < 4.78 is 28.6. The molecular formula is C18H20N2O2S. The van der Waals surface area contributed by atoms with Crippen molar-refractivity contribution in [3.63, 3.8) is 0 Å². The zero-order valence-corrected chi connectivity index (χ0v) is 14.1. The summed E-state index contributed by atoms with van der Waals surface area (Å²) in [7, 11) is -3.41. The molecule has 4 nitrogen and oxygen atoms in total. The van der Waals surface area contributed by atoms with Gasteiger partial charge in [-0.05, 0) is 41.8 Å². The van der Waals surface area contributed by atoms with Gasteiger partial charge in [0.15, 0.2) is 0 Å². The summed E-state index contributed by atoms with van der Waals surface area (Å²) in [6.07, 6.45) is 2.00. The Bertz CT molecular complexity index is 908. The Labute approximate surface area is 137 Å². The number of fused-ring (bicyclic) bond motifs is 1. The molecule has 0 atom stereocenters. The number of sulfonamides is 1. The van der Waals surface area contributed by atoms with Crippen molar-refractivity contribution < 1.29 is 8.42 Å². The van der Waals surface area contributed by atoms with Crippen LogP contribution in [0.2, 0.25) is 0 Å². The van der Waals surface area contributed by atoms with Gasteiger partial charge in [0.05, 0.1) is 10.4 Å². The van der Waals surface area contributed by atoms with Gasteiger partial charge in [-0.3, -0.25) is 0 Å². The van der Waals surface area contributed by atoms with Gasteiger partial charge in [-0.25, -0.2) is 8.42 Å². The molecule has 0 saturated carbocycles. The van der Waals surface area contributed by atoms with Crippen LogP contribution in [0.5, 0.6) is 0 Å². The average molecular weight is 328 g/mol. The molecule has 2 aromatic carbocycles. The Morgan fingerprint density at radius 2 is 1.57 bits per heavy atom. The topological polar surface area (TPSA) is 42.3 Å². The van der Waals surface area contributed by atoms with Crippen molar-refractivity contribution in [3.8, 4) is 5.69 Å². The van der Waals surface area contributed by atoms with Crippen molar-refractivity contribution in [3.05, 3.63) is 60.8 Å². The predicted octanol–water partition coefficient (Wildman–Crippen LogP) is 3.66. The van der Waals surface area contributed by atoms with Crippen LogP contribution in [0.3, 0.4) is 0 Å². The lowest BCUT2D eigenvalue weighted by Gasteiger charge is -2.18. The van der Waals surface area contributed by atoms with Crippen LogP contribution in [0.25, 0.3) is 16.6 Å². The molecule has 0 fully saturated rings. The summed E-state index contributed by atoms with van der Waals surface area (Å²) in [5.41, 5.74) is 2.05. The highest BCUT2D eigenvalue weighted by Crippen LogP contribution is 2.22. The van der Waals surface area contributed by atoms with Gasteiger partial charge in [-0.2, -0.15) is 4.31 Å². The maximum absolute atomic E-state index is 12.5. The molecule has 1 aromatic heterocycles. The molecule has 1 heterocycles. The number of hydrogen-bond donors (Lipinski definition) is 0. The molecule has 0 bridgehead atoms. The van der Waals surface area contributed by atoms with Crippen LogP contribution in [-0.4, -0.2) is 30.4 Å². The highest BCUT2D eigenvalue weighted by molar-refractivity contribution is 7.89. The molecule has 0 aliphatic rings. The van der Waals surface area contributed by atoms with E-state index in [1.165, 1.54) is 4.31 Å². The summed E-state index contributed by atoms with van der Waals surface area (Å²) in [4.78, 5) is 0.335. The Hall–Kier alpha value is -2.11. The van der Waals surface area contributed by atoms with Crippen LogP contribution < -0.4 is 0 Å². The molecular weight excluding hydrogens is 308 g/mol. The minimum Gasteiger partial charge on any atom is -0.317 e. The Kier molecular flexibility index (Phi) is 4.24. The molecule has 5 heteroatoms. The fourth-order valence-corrected chi connectivity index (χ4v) is 4.26. The molecule has 0 unspecified atom stereocenters. The number of rotatable bonds is 5. The van der Waals surface area contributed by atoms with Gasteiger partial charge < -0.3 is 4.57 Å². The average Bonchev–Trinajstić information content (AvgIpc) is 3.00. The van der Waals surface area contributed by atoms with E-state index in [9.17, 15) is 8.42 Å². The van der Waals surface area contributed by atoms with E-state index in [1.807, 2.05) is 44.3 Å². The third kappa shape index (κ3) is 2.78. The molecule has 120 valence electrons. The monoisotopic (exact) mass is 328 g/mol. The molecule has 0 spiro atoms. The smallest absolute Gasteiger partial charge is 0.243 e. The van der Waals surface area contributed by atoms with E-state index in [1.54, 1.807) is 12.1 Å². The number of nitrogens with zero attached hydrogens (tertiary/aromatic N) is 2. The molecule has 0 radical (unpaired) electrons. The van der Waals surface area contributed by atoms with Crippen molar-refractivity contribution in [1.82, 2.24) is 8.87 Å². The fourth-order valence-electron chi connectivity index (χ4n) is 2.80. The SMILES string of the molecule is CCN(CC)S(=O)(=O)c1ccc(-n2ccc3ccccc32)cc1. The molecule has 3 rings (SSSR count). The molecule has 0 aliphatic carbocycles. The number of aromatic nitrogens is 1. The lowest BCUT2D eigenvalue weighted by molar-refractivity contribution is 0.445. The Balaban J connectivity index is 2.00. The minimum absolute atomic E-state index is 0.335. The second-order valence-electron chi connectivity index (χ2n) is 5.33. The highest BCUT2D eigenvalue weighted by atomic mass is 32.2. The maximum Gasteiger partial charge on any atom is 0.243 e. The van der Waals surface area contributed by atoms with E-state index in [2.05, 4.69) is 22.8 Å². The van der Waals surface area contributed by atoms with Gasteiger partial charge in [0.2, 0.25) is 10.0 Å². The molecule has 0 saturated heterocycles. The first-order valence-corrected chi connectivity index (χ1v) is 9.18. The van der Waals surface area contributed by atoms with E-state index < -0.39 is 10.0 Å². The van der Waals surface area contributed by atoms with Gasteiger partial charge in [0, 0.05) is 25.0 Å². The quantitative estimate of drug-likeness (QED) is 0.717. The van der Waals surface area contributed by atoms with Crippen LogP contribution in [0, 0.1) is 0 Å². The molecule has 23 heavy (non-hydrogen) atoms. The highest BCUT2D eigenvalue weighted by Gasteiger charge is 2.21. The van der Waals surface area contributed by atoms with E-state index in [0.717, 1.165) is 16.6 Å². The van der Waals surface area contributed by atoms with Crippen LogP contribution in [0.1, 0.15) is 13.8 Å². The van der Waals surface area contributed by atoms with Crippen molar-refractivity contribution in [2.24, 2.45) is 0 Å². The minimum atomic E-state index is -3.41. The zero-order valence-electron chi connectivity index (χ0n) is 13.3. The first kappa shape index (κ1) is 15.8. The summed E-state index contributed by atoms with van der Waals surface area (Å²) in [6.45, 7) is 4.65. The summed E-state index contributed by atoms with van der Waals surface area (Å²) in [5.74, 6) is 0. The fraction of sp³-hybridized carbons (Fsp3) is 0.222. The lowest BCUT2D eigenvalue weighted by Crippen LogP contribution is -2.30. The lowest BCUT2D eigenvalue weighted by atomic mass is 10.2. The van der Waals surface area contributed by atoms with Crippen LogP contribution in [0.4, 0.5) is 0 Å². The van der Waals surface area contributed by atoms with Crippen LogP contribution >= 0.6 is 0 Å². The molecule has 0 N–H and O–H groups in total. The van der Waals surface area contributed by atoms with Gasteiger partial charge in [0.25, 0.3) is 0 Å². The van der Waals surface area contributed by atoms with Gasteiger partial charge in [-0.15, -0.1) is 0 Å². The zero-order chi connectivity index (χ0) is 16.4. The van der Waals surface area contributed by atoms with Crippen LogP contribution in [0.15, 0.2) is 65.7 Å². The molecule has 3 aromatic rings. The first-order chi connectivity index (χ1) is 11.1. The van der Waals surface area contributed by atoms with E-state index in [4.69, 9.17) is 0 Å². The number of para-hydroxylation sites is 1. The number of benzene rings is 2. The third-order valence-corrected chi connectivity index (χ3v) is 6.12. The summed E-state index contributed by atoms with van der Waals surface area (Å²) in [6, 6.07) is 17.2. The van der Waals surface area contributed by atoms with E-state index >= 15 is 0 Å². The van der Waals surface area contributed by atoms with Gasteiger partial charge in [-0.1, -0.05) is 32.0 Å². The van der Waals surface area contributed by atoms with Gasteiger partial charge in [0.1, 0.15) is 0 Å². The maximum atomic E-state index is 12.5. The Morgan fingerprint density at radius 1 is 0.913 bits per heavy atom. The van der Waals surface area contributed by atoms with Crippen LogP contribution in [-0.2, 0) is 10.0 Å². The van der Waals surface area contributed by atoms with Gasteiger partial charge >= 0.3 is 0 Å². The van der Waals surface area contributed by atoms with Crippen molar-refractivity contribution >= 4 is 20.9 Å². The number of hydrogen-bond acceptors (Lipinski definition) is 2. The molecule has 0 amide bonds. The van der Waals surface area contributed by atoms with E-state index in [0.29, 0.717) is 18.0 Å². The largest absolute Gasteiger partial charge is 0.317 e. The second kappa shape index (κ2) is 6.18. The summed E-state index contributed by atoms with van der Waals surface area (Å²) >= 11 is 0. The third-order valence-electron chi connectivity index (χ3n) is 4.06. The predicted molar refractivity (Wildman–Crippen MR) is 93.4 cm³/mol.